The molecule has 0 bridgehead atoms. The van der Waals surface area contributed by atoms with Gasteiger partial charge in [0.2, 0.25) is 0 Å². The van der Waals surface area contributed by atoms with Crippen LogP contribution in [0.15, 0.2) is 47.4 Å². The van der Waals surface area contributed by atoms with E-state index in [0.29, 0.717) is 22.0 Å². The Morgan fingerprint density at radius 1 is 1.04 bits per heavy atom. The lowest BCUT2D eigenvalue weighted by Crippen LogP contribution is -2.27. The summed E-state index contributed by atoms with van der Waals surface area (Å²) in [7, 11) is 0. The summed E-state index contributed by atoms with van der Waals surface area (Å²) in [6.07, 6.45) is 3.69. The maximum atomic E-state index is 14.5. The number of carbonyl (C=O) groups excluding carboxylic acids is 2. The first kappa shape index (κ1) is 18.1. The molecule has 0 unspecified atom stereocenters. The Balaban J connectivity index is 1.59. The van der Waals surface area contributed by atoms with Crippen LogP contribution in [0.1, 0.15) is 18.4 Å². The molecule has 0 spiro atoms. The van der Waals surface area contributed by atoms with Crippen LogP contribution in [-0.2, 0) is 4.79 Å². The summed E-state index contributed by atoms with van der Waals surface area (Å²) in [6.45, 7) is 1.71. The zero-order chi connectivity index (χ0) is 19.0. The minimum atomic E-state index is -0.420. The molecule has 4 rings (SSSR count). The zero-order valence-electron chi connectivity index (χ0n) is 14.3. The standard InChI is InChI=1S/C20H16ClFN2O2S/c21-14-4-6-15(7-5-14)24-19(25)18(27-20(24)26)12-13-3-8-17(16(22)11-13)23-9-1-2-10-23/h3-8,11-12H,1-2,9-10H2/b18-12+. The van der Waals surface area contributed by atoms with Crippen molar-refractivity contribution in [3.05, 3.63) is 63.8 Å². The number of benzene rings is 2. The van der Waals surface area contributed by atoms with Crippen molar-refractivity contribution in [1.29, 1.82) is 0 Å². The third-order valence-electron chi connectivity index (χ3n) is 4.59. The van der Waals surface area contributed by atoms with Gasteiger partial charge in [-0.2, -0.15) is 0 Å². The lowest BCUT2D eigenvalue weighted by molar-refractivity contribution is -0.113. The van der Waals surface area contributed by atoms with Crippen LogP contribution in [0.3, 0.4) is 0 Å². The number of thioether (sulfide) groups is 1. The molecule has 0 aromatic heterocycles. The van der Waals surface area contributed by atoms with Gasteiger partial charge in [-0.05, 0) is 72.6 Å². The summed E-state index contributed by atoms with van der Waals surface area (Å²) in [4.78, 5) is 28.3. The topological polar surface area (TPSA) is 40.6 Å². The summed E-state index contributed by atoms with van der Waals surface area (Å²) in [5.41, 5.74) is 1.59. The van der Waals surface area contributed by atoms with Crippen molar-refractivity contribution in [3.63, 3.8) is 0 Å². The summed E-state index contributed by atoms with van der Waals surface area (Å²) < 4.78 is 14.5. The summed E-state index contributed by atoms with van der Waals surface area (Å²) >= 11 is 6.70. The lowest BCUT2D eigenvalue weighted by atomic mass is 10.1. The molecule has 2 aromatic carbocycles. The first-order chi connectivity index (χ1) is 13.0. The molecule has 138 valence electrons. The number of nitrogens with zero attached hydrogens (tertiary/aromatic N) is 2. The summed E-state index contributed by atoms with van der Waals surface area (Å²) in [5, 5.41) is 0.137. The molecule has 2 aromatic rings. The predicted octanol–water partition coefficient (Wildman–Crippen LogP) is 5.32. The molecule has 7 heteroatoms. The molecular weight excluding hydrogens is 387 g/mol. The van der Waals surface area contributed by atoms with Crippen LogP contribution in [0.25, 0.3) is 6.08 Å². The number of hydrogen-bond acceptors (Lipinski definition) is 4. The van der Waals surface area contributed by atoms with Crippen LogP contribution >= 0.6 is 23.4 Å². The first-order valence-corrected chi connectivity index (χ1v) is 9.80. The van der Waals surface area contributed by atoms with E-state index in [2.05, 4.69) is 0 Å². The van der Waals surface area contributed by atoms with Crippen LogP contribution in [0.4, 0.5) is 20.6 Å². The summed E-state index contributed by atoms with van der Waals surface area (Å²) in [6, 6.07) is 11.4. The highest BCUT2D eigenvalue weighted by Gasteiger charge is 2.36. The quantitative estimate of drug-likeness (QED) is 0.651. The fourth-order valence-electron chi connectivity index (χ4n) is 3.26. The van der Waals surface area contributed by atoms with Crippen molar-refractivity contribution in [2.24, 2.45) is 0 Å². The highest BCUT2D eigenvalue weighted by molar-refractivity contribution is 8.19. The number of imide groups is 1. The van der Waals surface area contributed by atoms with E-state index in [4.69, 9.17) is 11.6 Å². The van der Waals surface area contributed by atoms with Gasteiger partial charge in [0.15, 0.2) is 0 Å². The number of anilines is 2. The van der Waals surface area contributed by atoms with Crippen molar-refractivity contribution >= 4 is 52.0 Å². The molecule has 0 N–H and O–H groups in total. The van der Waals surface area contributed by atoms with Crippen molar-refractivity contribution in [2.45, 2.75) is 12.8 Å². The molecule has 2 amide bonds. The Hall–Kier alpha value is -2.31. The van der Waals surface area contributed by atoms with Crippen molar-refractivity contribution in [2.75, 3.05) is 22.9 Å². The van der Waals surface area contributed by atoms with Crippen LogP contribution in [0.5, 0.6) is 0 Å². The maximum absolute atomic E-state index is 14.5. The Morgan fingerprint density at radius 3 is 2.41 bits per heavy atom. The monoisotopic (exact) mass is 402 g/mol. The van der Waals surface area contributed by atoms with E-state index in [9.17, 15) is 14.0 Å². The minimum absolute atomic E-state index is 0.267. The van der Waals surface area contributed by atoms with Crippen LogP contribution < -0.4 is 9.80 Å². The fourth-order valence-corrected chi connectivity index (χ4v) is 4.23. The van der Waals surface area contributed by atoms with Crippen molar-refractivity contribution in [1.82, 2.24) is 0 Å². The normalized spacial score (nSPS) is 18.8. The Morgan fingerprint density at radius 2 is 1.74 bits per heavy atom. The van der Waals surface area contributed by atoms with E-state index in [1.165, 1.54) is 6.07 Å². The van der Waals surface area contributed by atoms with Gasteiger partial charge in [-0.25, -0.2) is 9.29 Å². The van der Waals surface area contributed by atoms with Crippen molar-refractivity contribution < 1.29 is 14.0 Å². The second-order valence-electron chi connectivity index (χ2n) is 6.40. The Kier molecular flexibility index (Phi) is 4.93. The van der Waals surface area contributed by atoms with Gasteiger partial charge < -0.3 is 4.90 Å². The highest BCUT2D eigenvalue weighted by atomic mass is 35.5. The van der Waals surface area contributed by atoms with E-state index < -0.39 is 5.91 Å². The van der Waals surface area contributed by atoms with Gasteiger partial charge in [-0.1, -0.05) is 17.7 Å². The third-order valence-corrected chi connectivity index (χ3v) is 5.72. The van der Waals surface area contributed by atoms with Crippen LogP contribution in [0, 0.1) is 5.82 Å². The molecule has 2 aliphatic heterocycles. The van der Waals surface area contributed by atoms with Gasteiger partial charge in [-0.3, -0.25) is 9.59 Å². The molecule has 2 aliphatic rings. The molecule has 0 atom stereocenters. The molecule has 0 aliphatic carbocycles. The smallest absolute Gasteiger partial charge is 0.298 e. The second kappa shape index (κ2) is 7.37. The number of halogens is 2. The lowest BCUT2D eigenvalue weighted by Gasteiger charge is -2.18. The van der Waals surface area contributed by atoms with Crippen LogP contribution in [0.2, 0.25) is 5.02 Å². The van der Waals surface area contributed by atoms with Gasteiger partial charge in [0.05, 0.1) is 16.3 Å². The Labute approximate surface area is 165 Å². The van der Waals surface area contributed by atoms with E-state index >= 15 is 0 Å². The van der Waals surface area contributed by atoms with E-state index in [1.807, 2.05) is 4.90 Å². The molecule has 2 heterocycles. The number of carbonyl (C=O) groups is 2. The predicted molar refractivity (Wildman–Crippen MR) is 108 cm³/mol. The van der Waals surface area contributed by atoms with Gasteiger partial charge in [0.25, 0.3) is 11.1 Å². The van der Waals surface area contributed by atoms with Gasteiger partial charge in [0.1, 0.15) is 5.82 Å². The van der Waals surface area contributed by atoms with Gasteiger partial charge >= 0.3 is 0 Å². The van der Waals surface area contributed by atoms with Crippen molar-refractivity contribution in [3.8, 4) is 0 Å². The first-order valence-electron chi connectivity index (χ1n) is 8.61. The molecule has 4 nitrogen and oxygen atoms in total. The average molecular weight is 403 g/mol. The zero-order valence-corrected chi connectivity index (χ0v) is 15.9. The van der Waals surface area contributed by atoms with Gasteiger partial charge in [-0.15, -0.1) is 0 Å². The molecule has 0 saturated carbocycles. The van der Waals surface area contributed by atoms with Gasteiger partial charge in [0, 0.05) is 18.1 Å². The van der Waals surface area contributed by atoms with E-state index in [0.717, 1.165) is 42.6 Å². The van der Waals surface area contributed by atoms with E-state index in [1.54, 1.807) is 42.5 Å². The molecule has 2 fully saturated rings. The minimum Gasteiger partial charge on any atom is -0.369 e. The summed E-state index contributed by atoms with van der Waals surface area (Å²) in [5.74, 6) is -0.737. The molecule has 27 heavy (non-hydrogen) atoms. The SMILES string of the molecule is O=C1S/C(=C/c2ccc(N3CCCC3)c(F)c2)C(=O)N1c1ccc(Cl)cc1. The maximum Gasteiger partial charge on any atom is 0.298 e. The second-order valence-corrected chi connectivity index (χ2v) is 7.83. The Bertz CT molecular complexity index is 939. The van der Waals surface area contributed by atoms with E-state index in [-0.39, 0.29) is 16.0 Å². The largest absolute Gasteiger partial charge is 0.369 e. The number of hydrogen-bond donors (Lipinski definition) is 0. The molecule has 2 saturated heterocycles. The molecular formula is C20H16ClFN2O2S. The molecule has 0 radical (unpaired) electrons. The number of rotatable bonds is 3. The van der Waals surface area contributed by atoms with Crippen LogP contribution in [-0.4, -0.2) is 24.2 Å². The number of amides is 2. The highest BCUT2D eigenvalue weighted by Crippen LogP contribution is 2.36. The average Bonchev–Trinajstić information content (AvgIpc) is 3.25. The fraction of sp³-hybridized carbons (Fsp3) is 0.200. The third kappa shape index (κ3) is 3.59.